The summed E-state index contributed by atoms with van der Waals surface area (Å²) in [5.41, 5.74) is 0. The zero-order valence-electron chi connectivity index (χ0n) is 7.72. The number of aliphatic hydroxyl groups excluding tert-OH is 2. The van der Waals surface area contributed by atoms with Gasteiger partial charge in [-0.3, -0.25) is 4.90 Å². The molecule has 0 aromatic rings. The van der Waals surface area contributed by atoms with E-state index >= 15 is 0 Å². The Morgan fingerprint density at radius 2 is 1.92 bits per heavy atom. The van der Waals surface area contributed by atoms with Gasteiger partial charge >= 0.3 is 0 Å². The van der Waals surface area contributed by atoms with Crippen LogP contribution in [0.15, 0.2) is 0 Å². The van der Waals surface area contributed by atoms with Gasteiger partial charge in [0, 0.05) is 26.2 Å². The summed E-state index contributed by atoms with van der Waals surface area (Å²) >= 11 is 0. The molecule has 4 nitrogen and oxygen atoms in total. The largest absolute Gasteiger partial charge is 0.389 e. The van der Waals surface area contributed by atoms with Gasteiger partial charge in [0.15, 0.2) is 0 Å². The first-order chi connectivity index (χ1) is 6.25. The van der Waals surface area contributed by atoms with Gasteiger partial charge in [-0.05, 0) is 12.8 Å². The summed E-state index contributed by atoms with van der Waals surface area (Å²) in [7, 11) is 0. The van der Waals surface area contributed by atoms with Crippen LogP contribution in [-0.2, 0) is 4.74 Å². The lowest BCUT2D eigenvalue weighted by Gasteiger charge is -2.18. The highest BCUT2D eigenvalue weighted by Gasteiger charge is 2.31. The van der Waals surface area contributed by atoms with E-state index in [0.29, 0.717) is 19.2 Å². The molecular weight excluding hydrogens is 170 g/mol. The molecule has 2 saturated heterocycles. The molecule has 0 aromatic carbocycles. The van der Waals surface area contributed by atoms with Crippen LogP contribution in [0.4, 0.5) is 0 Å². The van der Waals surface area contributed by atoms with Gasteiger partial charge in [0.25, 0.3) is 0 Å². The fourth-order valence-electron chi connectivity index (χ4n) is 2.07. The Labute approximate surface area is 78.1 Å². The van der Waals surface area contributed by atoms with Gasteiger partial charge in [0.05, 0.1) is 18.3 Å². The van der Waals surface area contributed by atoms with Crippen molar-refractivity contribution in [2.24, 2.45) is 0 Å². The molecule has 2 N–H and O–H groups in total. The van der Waals surface area contributed by atoms with Crippen LogP contribution >= 0.6 is 0 Å². The lowest BCUT2D eigenvalue weighted by Crippen LogP contribution is -2.31. The summed E-state index contributed by atoms with van der Waals surface area (Å²) in [4.78, 5) is 2.07. The van der Waals surface area contributed by atoms with E-state index in [2.05, 4.69) is 4.90 Å². The molecule has 0 aliphatic carbocycles. The Morgan fingerprint density at radius 3 is 2.46 bits per heavy atom. The summed E-state index contributed by atoms with van der Waals surface area (Å²) in [5, 5.41) is 18.6. The quantitative estimate of drug-likeness (QED) is 0.594. The molecule has 1 unspecified atom stereocenters. The highest BCUT2D eigenvalue weighted by Crippen LogP contribution is 2.16. The Bertz CT molecular complexity index is 160. The van der Waals surface area contributed by atoms with Crippen molar-refractivity contribution < 1.29 is 14.9 Å². The van der Waals surface area contributed by atoms with Crippen molar-refractivity contribution in [2.75, 3.05) is 26.2 Å². The maximum absolute atomic E-state index is 9.31. The van der Waals surface area contributed by atoms with Gasteiger partial charge in [0.1, 0.15) is 0 Å². The fraction of sp³-hybridized carbons (Fsp3) is 1.00. The lowest BCUT2D eigenvalue weighted by atomic mass is 10.2. The smallest absolute Gasteiger partial charge is 0.0938 e. The van der Waals surface area contributed by atoms with Crippen LogP contribution in [-0.4, -0.2) is 59.7 Å². The van der Waals surface area contributed by atoms with Crippen molar-refractivity contribution in [2.45, 2.75) is 31.2 Å². The first kappa shape index (κ1) is 9.40. The summed E-state index contributed by atoms with van der Waals surface area (Å²) in [5.74, 6) is 0. The number of nitrogens with zero attached hydrogens (tertiary/aromatic N) is 1. The molecule has 76 valence electrons. The van der Waals surface area contributed by atoms with E-state index in [1.165, 1.54) is 0 Å². The third kappa shape index (κ3) is 2.20. The molecule has 3 atom stereocenters. The SMILES string of the molecule is O[C@@H]1CN(CC2CCCO2)C[C@@H]1O. The Hall–Kier alpha value is -0.160. The number of hydrogen-bond donors (Lipinski definition) is 2. The van der Waals surface area contributed by atoms with Gasteiger partial charge < -0.3 is 14.9 Å². The number of aliphatic hydroxyl groups is 2. The summed E-state index contributed by atoms with van der Waals surface area (Å²) < 4.78 is 5.48. The number of rotatable bonds is 2. The van der Waals surface area contributed by atoms with Crippen LogP contribution in [0.3, 0.4) is 0 Å². The monoisotopic (exact) mass is 187 g/mol. The molecule has 0 bridgehead atoms. The maximum Gasteiger partial charge on any atom is 0.0938 e. The van der Waals surface area contributed by atoms with Crippen LogP contribution < -0.4 is 0 Å². The van der Waals surface area contributed by atoms with E-state index < -0.39 is 12.2 Å². The highest BCUT2D eigenvalue weighted by atomic mass is 16.5. The Kier molecular flexibility index (Phi) is 2.83. The van der Waals surface area contributed by atoms with Gasteiger partial charge in [-0.25, -0.2) is 0 Å². The molecule has 0 amide bonds. The molecule has 4 heteroatoms. The van der Waals surface area contributed by atoms with E-state index in [4.69, 9.17) is 4.74 Å². The second-order valence-electron chi connectivity index (χ2n) is 3.99. The molecule has 2 rings (SSSR count). The number of likely N-dealkylation sites (tertiary alicyclic amines) is 1. The van der Waals surface area contributed by atoms with Crippen molar-refractivity contribution in [3.63, 3.8) is 0 Å². The molecule has 0 saturated carbocycles. The minimum absolute atomic E-state index is 0.317. The first-order valence-corrected chi connectivity index (χ1v) is 4.96. The van der Waals surface area contributed by atoms with Crippen LogP contribution in [0, 0.1) is 0 Å². The van der Waals surface area contributed by atoms with Gasteiger partial charge in [0.2, 0.25) is 0 Å². The highest BCUT2D eigenvalue weighted by molar-refractivity contribution is 4.85. The summed E-state index contributed by atoms with van der Waals surface area (Å²) in [6, 6.07) is 0. The number of β-amino-alcohol motifs (C(OH)–C–C–N with tert-alkyl or cyclic N) is 2. The van der Waals surface area contributed by atoms with Crippen molar-refractivity contribution in [3.8, 4) is 0 Å². The average Bonchev–Trinajstić information content (AvgIpc) is 2.64. The maximum atomic E-state index is 9.31. The molecule has 0 spiro atoms. The summed E-state index contributed by atoms with van der Waals surface area (Å²) in [6.07, 6.45) is 1.44. The Balaban J connectivity index is 1.76. The van der Waals surface area contributed by atoms with Gasteiger partial charge in [-0.2, -0.15) is 0 Å². The molecule has 2 fully saturated rings. The second-order valence-corrected chi connectivity index (χ2v) is 3.99. The minimum atomic E-state index is -0.568. The van der Waals surface area contributed by atoms with Gasteiger partial charge in [-0.1, -0.05) is 0 Å². The van der Waals surface area contributed by atoms with Crippen molar-refractivity contribution >= 4 is 0 Å². The van der Waals surface area contributed by atoms with Crippen molar-refractivity contribution in [1.82, 2.24) is 4.90 Å². The lowest BCUT2D eigenvalue weighted by molar-refractivity contribution is 0.0572. The van der Waals surface area contributed by atoms with Crippen LogP contribution in [0.2, 0.25) is 0 Å². The first-order valence-electron chi connectivity index (χ1n) is 4.96. The molecule has 2 aliphatic rings. The van der Waals surface area contributed by atoms with Gasteiger partial charge in [-0.15, -0.1) is 0 Å². The molecule has 2 heterocycles. The second kappa shape index (κ2) is 3.92. The predicted octanol–water partition coefficient (Wildman–Crippen LogP) is -0.797. The zero-order chi connectivity index (χ0) is 9.26. The molecule has 13 heavy (non-hydrogen) atoms. The molecule has 2 aliphatic heterocycles. The van der Waals surface area contributed by atoms with E-state index in [1.807, 2.05) is 0 Å². The standard InChI is InChI=1S/C9H17NO3/c11-8-5-10(6-9(8)12)4-7-2-1-3-13-7/h7-9,11-12H,1-6H2/t7?,8-,9+. The predicted molar refractivity (Wildman–Crippen MR) is 47.4 cm³/mol. The number of ether oxygens (including phenoxy) is 1. The van der Waals surface area contributed by atoms with Crippen LogP contribution in [0.1, 0.15) is 12.8 Å². The average molecular weight is 187 g/mol. The van der Waals surface area contributed by atoms with Crippen LogP contribution in [0.25, 0.3) is 0 Å². The van der Waals surface area contributed by atoms with Crippen LogP contribution in [0.5, 0.6) is 0 Å². The minimum Gasteiger partial charge on any atom is -0.389 e. The topological polar surface area (TPSA) is 52.9 Å². The molecular formula is C9H17NO3. The van der Waals surface area contributed by atoms with E-state index in [1.54, 1.807) is 0 Å². The Morgan fingerprint density at radius 1 is 1.23 bits per heavy atom. The van der Waals surface area contributed by atoms with Crippen molar-refractivity contribution in [1.29, 1.82) is 0 Å². The van der Waals surface area contributed by atoms with E-state index in [0.717, 1.165) is 26.0 Å². The third-order valence-electron chi connectivity index (χ3n) is 2.82. The molecule has 0 aromatic heterocycles. The van der Waals surface area contributed by atoms with E-state index in [-0.39, 0.29) is 0 Å². The normalized spacial score (nSPS) is 41.5. The third-order valence-corrected chi connectivity index (χ3v) is 2.82. The fourth-order valence-corrected chi connectivity index (χ4v) is 2.07. The molecule has 0 radical (unpaired) electrons. The zero-order valence-corrected chi connectivity index (χ0v) is 7.72. The number of hydrogen-bond acceptors (Lipinski definition) is 4. The summed E-state index contributed by atoms with van der Waals surface area (Å²) in [6.45, 7) is 2.89. The van der Waals surface area contributed by atoms with Crippen molar-refractivity contribution in [3.05, 3.63) is 0 Å². The van der Waals surface area contributed by atoms with E-state index in [9.17, 15) is 10.2 Å².